The van der Waals surface area contributed by atoms with Crippen molar-refractivity contribution < 1.29 is 19.7 Å². The van der Waals surface area contributed by atoms with E-state index in [-0.39, 0.29) is 13.2 Å². The summed E-state index contributed by atoms with van der Waals surface area (Å²) in [4.78, 5) is 0. The maximum absolute atomic E-state index is 7.91. The zero-order valence-corrected chi connectivity index (χ0v) is 7.25. The van der Waals surface area contributed by atoms with Crippen LogP contribution in [0.4, 0.5) is 0 Å². The van der Waals surface area contributed by atoms with Gasteiger partial charge < -0.3 is 19.7 Å². The van der Waals surface area contributed by atoms with Crippen molar-refractivity contribution in [3.8, 4) is 0 Å². The van der Waals surface area contributed by atoms with Gasteiger partial charge in [0.2, 0.25) is 0 Å². The molecule has 0 heterocycles. The molecule has 0 radical (unpaired) electrons. The Bertz CT molecular complexity index is 43.7. The van der Waals surface area contributed by atoms with E-state index in [0.717, 1.165) is 0 Å². The zero-order valence-electron chi connectivity index (χ0n) is 7.25. The van der Waals surface area contributed by atoms with Crippen LogP contribution in [0, 0.1) is 0 Å². The van der Waals surface area contributed by atoms with E-state index in [1.54, 1.807) is 14.2 Å². The highest BCUT2D eigenvalue weighted by atomic mass is 16.5. The summed E-state index contributed by atoms with van der Waals surface area (Å²) in [7, 11) is 3.30. The third-order valence-corrected chi connectivity index (χ3v) is 0.808. The summed E-state index contributed by atoms with van der Waals surface area (Å²) in [6.07, 6.45) is 0.500. The molecular formula is C7H18O4. The molecule has 0 amide bonds. The first-order valence-electron chi connectivity index (χ1n) is 3.53. The van der Waals surface area contributed by atoms with Crippen LogP contribution in [0.5, 0.6) is 0 Å². The Morgan fingerprint density at radius 3 is 1.36 bits per heavy atom. The molecule has 0 aromatic heterocycles. The molecule has 0 atom stereocenters. The number of methoxy groups -OCH3 is 2. The van der Waals surface area contributed by atoms with Crippen LogP contribution in [0.15, 0.2) is 0 Å². The molecule has 0 bridgehead atoms. The van der Waals surface area contributed by atoms with E-state index in [2.05, 4.69) is 9.47 Å². The summed E-state index contributed by atoms with van der Waals surface area (Å²) in [6, 6.07) is 0. The minimum absolute atomic E-state index is 0.0938. The van der Waals surface area contributed by atoms with E-state index in [1.807, 2.05) is 0 Å². The second kappa shape index (κ2) is 16.4. The minimum atomic E-state index is 0.0938. The van der Waals surface area contributed by atoms with Crippen LogP contribution in [-0.4, -0.2) is 50.9 Å². The standard InChI is InChI=1S/C4H10O2.C3H8O2/c1-5-3-4-6-2;4-2-1-3-5/h3-4H2,1-2H3;4-5H,1-3H2. The second-order valence-electron chi connectivity index (χ2n) is 1.79. The van der Waals surface area contributed by atoms with Crippen molar-refractivity contribution in [1.29, 1.82) is 0 Å². The van der Waals surface area contributed by atoms with Gasteiger partial charge in [-0.3, -0.25) is 0 Å². The fraction of sp³-hybridized carbons (Fsp3) is 1.00. The molecular weight excluding hydrogens is 148 g/mol. The van der Waals surface area contributed by atoms with Crippen molar-refractivity contribution in [2.45, 2.75) is 6.42 Å². The summed E-state index contributed by atoms with van der Waals surface area (Å²) < 4.78 is 9.31. The van der Waals surface area contributed by atoms with Gasteiger partial charge in [-0.25, -0.2) is 0 Å². The lowest BCUT2D eigenvalue weighted by atomic mass is 10.5. The molecule has 0 spiro atoms. The lowest BCUT2D eigenvalue weighted by Crippen LogP contribution is -1.96. The van der Waals surface area contributed by atoms with Crippen molar-refractivity contribution in [2.75, 3.05) is 40.6 Å². The number of hydrogen-bond donors (Lipinski definition) is 2. The van der Waals surface area contributed by atoms with Gasteiger partial charge >= 0.3 is 0 Å². The van der Waals surface area contributed by atoms with E-state index in [1.165, 1.54) is 0 Å². The van der Waals surface area contributed by atoms with Gasteiger partial charge in [0, 0.05) is 27.4 Å². The van der Waals surface area contributed by atoms with Crippen molar-refractivity contribution in [3.63, 3.8) is 0 Å². The third-order valence-electron chi connectivity index (χ3n) is 0.808. The largest absolute Gasteiger partial charge is 0.396 e. The molecule has 2 N–H and O–H groups in total. The van der Waals surface area contributed by atoms with Gasteiger partial charge in [-0.1, -0.05) is 0 Å². The first kappa shape index (κ1) is 13.4. The molecule has 0 unspecified atom stereocenters. The highest BCUT2D eigenvalue weighted by Gasteiger charge is 1.73. The monoisotopic (exact) mass is 166 g/mol. The van der Waals surface area contributed by atoms with Gasteiger partial charge in [-0.05, 0) is 6.42 Å². The van der Waals surface area contributed by atoms with Crippen LogP contribution in [0.2, 0.25) is 0 Å². The van der Waals surface area contributed by atoms with Crippen LogP contribution >= 0.6 is 0 Å². The van der Waals surface area contributed by atoms with Gasteiger partial charge in [0.05, 0.1) is 13.2 Å². The zero-order chi connectivity index (χ0) is 8.95. The first-order valence-corrected chi connectivity index (χ1v) is 3.53. The van der Waals surface area contributed by atoms with Crippen LogP contribution < -0.4 is 0 Å². The van der Waals surface area contributed by atoms with Crippen LogP contribution in [-0.2, 0) is 9.47 Å². The van der Waals surface area contributed by atoms with Gasteiger partial charge in [-0.2, -0.15) is 0 Å². The molecule has 0 aromatic rings. The summed E-state index contributed by atoms with van der Waals surface area (Å²) in [6.45, 7) is 1.57. The molecule has 0 rings (SSSR count). The Morgan fingerprint density at radius 2 is 1.27 bits per heavy atom. The van der Waals surface area contributed by atoms with Gasteiger partial charge in [0.15, 0.2) is 0 Å². The molecule has 4 nitrogen and oxygen atoms in total. The predicted molar refractivity (Wildman–Crippen MR) is 42.5 cm³/mol. The highest BCUT2D eigenvalue weighted by Crippen LogP contribution is 1.65. The van der Waals surface area contributed by atoms with Gasteiger partial charge in [0.1, 0.15) is 0 Å². The lowest BCUT2D eigenvalue weighted by Gasteiger charge is -1.91. The molecule has 0 saturated carbocycles. The Hall–Kier alpha value is -0.160. The summed E-state index contributed by atoms with van der Waals surface area (Å²) in [5, 5.41) is 15.8. The van der Waals surface area contributed by atoms with E-state index < -0.39 is 0 Å². The smallest absolute Gasteiger partial charge is 0.0696 e. The fourth-order valence-electron chi connectivity index (χ4n) is 0.237. The van der Waals surface area contributed by atoms with Crippen molar-refractivity contribution in [1.82, 2.24) is 0 Å². The molecule has 0 fully saturated rings. The van der Waals surface area contributed by atoms with Crippen LogP contribution in [0.3, 0.4) is 0 Å². The van der Waals surface area contributed by atoms with E-state index in [0.29, 0.717) is 19.6 Å². The number of aliphatic hydroxyl groups is 2. The molecule has 0 aliphatic heterocycles. The predicted octanol–water partition coefficient (Wildman–Crippen LogP) is -0.360. The van der Waals surface area contributed by atoms with Crippen LogP contribution in [0.25, 0.3) is 0 Å². The molecule has 0 aliphatic rings. The third kappa shape index (κ3) is 25.8. The van der Waals surface area contributed by atoms with Crippen molar-refractivity contribution in [2.24, 2.45) is 0 Å². The normalized spacial score (nSPS) is 8.73. The van der Waals surface area contributed by atoms with E-state index in [9.17, 15) is 0 Å². The summed E-state index contributed by atoms with van der Waals surface area (Å²) in [5.74, 6) is 0. The Kier molecular flexibility index (Phi) is 20.1. The number of aliphatic hydroxyl groups excluding tert-OH is 2. The van der Waals surface area contributed by atoms with Gasteiger partial charge in [-0.15, -0.1) is 0 Å². The molecule has 0 aromatic carbocycles. The summed E-state index contributed by atoms with van der Waals surface area (Å²) >= 11 is 0. The Balaban J connectivity index is 0. The highest BCUT2D eigenvalue weighted by molar-refractivity contribution is 4.22. The summed E-state index contributed by atoms with van der Waals surface area (Å²) in [5.41, 5.74) is 0. The molecule has 70 valence electrons. The molecule has 0 saturated heterocycles. The van der Waals surface area contributed by atoms with Crippen molar-refractivity contribution in [3.05, 3.63) is 0 Å². The number of hydrogen-bond acceptors (Lipinski definition) is 4. The average molecular weight is 166 g/mol. The maximum Gasteiger partial charge on any atom is 0.0696 e. The molecule has 4 heteroatoms. The topological polar surface area (TPSA) is 58.9 Å². The lowest BCUT2D eigenvalue weighted by molar-refractivity contribution is 0.103. The minimum Gasteiger partial charge on any atom is -0.396 e. The Labute approximate surface area is 67.8 Å². The Morgan fingerprint density at radius 1 is 0.909 bits per heavy atom. The van der Waals surface area contributed by atoms with E-state index in [4.69, 9.17) is 10.2 Å². The molecule has 11 heavy (non-hydrogen) atoms. The average Bonchev–Trinajstić information content (AvgIpc) is 2.04. The number of rotatable bonds is 5. The maximum atomic E-state index is 7.91. The second-order valence-corrected chi connectivity index (χ2v) is 1.79. The first-order chi connectivity index (χ1) is 5.33. The van der Waals surface area contributed by atoms with Crippen LogP contribution in [0.1, 0.15) is 6.42 Å². The SMILES string of the molecule is COCCOC.OCCCO. The molecule has 0 aliphatic carbocycles. The van der Waals surface area contributed by atoms with Gasteiger partial charge in [0.25, 0.3) is 0 Å². The fourth-order valence-corrected chi connectivity index (χ4v) is 0.237. The van der Waals surface area contributed by atoms with E-state index >= 15 is 0 Å². The number of ether oxygens (including phenoxy) is 2. The quantitative estimate of drug-likeness (QED) is 0.548. The van der Waals surface area contributed by atoms with Crippen molar-refractivity contribution >= 4 is 0 Å².